The molecule has 0 aromatic heterocycles. The van der Waals surface area contributed by atoms with E-state index in [0.717, 1.165) is 0 Å². The molecule has 0 aliphatic heterocycles. The highest BCUT2D eigenvalue weighted by Gasteiger charge is 2.51. The number of hydroxylamine groups is 1. The zero-order valence-corrected chi connectivity index (χ0v) is 18.1. The van der Waals surface area contributed by atoms with Gasteiger partial charge in [0.05, 0.1) is 0 Å². The van der Waals surface area contributed by atoms with Crippen molar-refractivity contribution in [3.8, 4) is 0 Å². The van der Waals surface area contributed by atoms with Gasteiger partial charge in [-0.15, -0.1) is 0 Å². The first-order valence-electron chi connectivity index (χ1n) is 9.90. The van der Waals surface area contributed by atoms with Crippen molar-refractivity contribution in [1.82, 2.24) is 16.1 Å². The van der Waals surface area contributed by atoms with Gasteiger partial charge < -0.3 is 22.1 Å². The van der Waals surface area contributed by atoms with Gasteiger partial charge in [0.25, 0.3) is 5.91 Å². The molecule has 0 fully saturated rings. The molecule has 1 unspecified atom stereocenters. The normalized spacial score (nSPS) is 14.7. The lowest BCUT2D eigenvalue weighted by Crippen LogP contribution is -2.70. The lowest BCUT2D eigenvalue weighted by atomic mass is 9.74. The van der Waals surface area contributed by atoms with Gasteiger partial charge in [-0.1, -0.05) is 34.6 Å². The zero-order chi connectivity index (χ0) is 22.8. The molecule has 8 N–H and O–H groups in total. The van der Waals surface area contributed by atoms with Gasteiger partial charge in [-0.05, 0) is 18.8 Å². The van der Waals surface area contributed by atoms with E-state index < -0.39 is 46.9 Å². The topological polar surface area (TPSA) is 177 Å². The minimum atomic E-state index is -1.99. The van der Waals surface area contributed by atoms with Crippen LogP contribution in [0.4, 0.5) is 0 Å². The number of ketones is 1. The molecule has 168 valence electrons. The third-order valence-corrected chi connectivity index (χ3v) is 5.03. The fourth-order valence-corrected chi connectivity index (χ4v) is 2.96. The van der Waals surface area contributed by atoms with E-state index in [1.807, 2.05) is 13.8 Å². The van der Waals surface area contributed by atoms with Crippen LogP contribution in [-0.4, -0.2) is 53.9 Å². The summed E-state index contributed by atoms with van der Waals surface area (Å²) in [7, 11) is 0. The summed E-state index contributed by atoms with van der Waals surface area (Å²) in [4.78, 5) is 50.9. The second-order valence-corrected chi connectivity index (χ2v) is 8.28. The van der Waals surface area contributed by atoms with Crippen LogP contribution >= 0.6 is 0 Å². The van der Waals surface area contributed by atoms with E-state index in [9.17, 15) is 19.2 Å². The molecular weight excluding hydrogens is 378 g/mol. The SMILES string of the molecule is CCC(C)(C)C(=O)[C@@](CN)(NC(=O)C(CC(=O)NO)CC(C)C)C(=O)NCCN. The largest absolute Gasteiger partial charge is 0.352 e. The zero-order valence-electron chi connectivity index (χ0n) is 18.1. The van der Waals surface area contributed by atoms with Crippen molar-refractivity contribution >= 4 is 23.5 Å². The number of rotatable bonds is 13. The van der Waals surface area contributed by atoms with Crippen LogP contribution in [0, 0.1) is 17.3 Å². The number of amides is 3. The molecule has 0 aromatic carbocycles. The number of nitrogens with two attached hydrogens (primary N) is 2. The quantitative estimate of drug-likeness (QED) is 0.133. The monoisotopic (exact) mass is 415 g/mol. The molecule has 0 heterocycles. The molecule has 0 saturated heterocycles. The van der Waals surface area contributed by atoms with Crippen molar-refractivity contribution < 1.29 is 24.4 Å². The van der Waals surface area contributed by atoms with E-state index >= 15 is 0 Å². The van der Waals surface area contributed by atoms with Crippen LogP contribution in [0.1, 0.15) is 53.9 Å². The molecule has 0 radical (unpaired) electrons. The highest BCUT2D eigenvalue weighted by Crippen LogP contribution is 2.28. The predicted octanol–water partition coefficient (Wildman–Crippen LogP) is -0.562. The van der Waals surface area contributed by atoms with Gasteiger partial charge in [0.2, 0.25) is 11.8 Å². The van der Waals surface area contributed by atoms with E-state index in [4.69, 9.17) is 16.7 Å². The number of Topliss-reactive ketones (excluding diaryl/α,β-unsaturated/α-hetero) is 1. The third kappa shape index (κ3) is 7.37. The van der Waals surface area contributed by atoms with E-state index in [1.165, 1.54) is 5.48 Å². The first-order chi connectivity index (χ1) is 13.4. The molecule has 0 aliphatic carbocycles. The summed E-state index contributed by atoms with van der Waals surface area (Å²) in [5.41, 5.74) is 9.89. The van der Waals surface area contributed by atoms with Crippen molar-refractivity contribution in [1.29, 1.82) is 0 Å². The van der Waals surface area contributed by atoms with Gasteiger partial charge in [-0.3, -0.25) is 24.4 Å². The molecule has 10 heteroatoms. The Morgan fingerprint density at radius 3 is 2.10 bits per heavy atom. The molecule has 0 aromatic rings. The van der Waals surface area contributed by atoms with Crippen LogP contribution in [0.15, 0.2) is 0 Å². The molecule has 0 spiro atoms. The first kappa shape index (κ1) is 27.0. The Balaban J connectivity index is 6.04. The number of hydrogen-bond donors (Lipinski definition) is 6. The first-order valence-corrected chi connectivity index (χ1v) is 9.90. The fourth-order valence-electron chi connectivity index (χ4n) is 2.96. The molecule has 29 heavy (non-hydrogen) atoms. The van der Waals surface area contributed by atoms with Gasteiger partial charge >= 0.3 is 0 Å². The molecule has 0 saturated carbocycles. The van der Waals surface area contributed by atoms with Crippen LogP contribution in [0.2, 0.25) is 0 Å². The van der Waals surface area contributed by atoms with Crippen LogP contribution < -0.4 is 27.6 Å². The van der Waals surface area contributed by atoms with Gasteiger partial charge in [-0.2, -0.15) is 0 Å². The smallest absolute Gasteiger partial charge is 0.254 e. The van der Waals surface area contributed by atoms with Gasteiger partial charge in [-0.25, -0.2) is 5.48 Å². The summed E-state index contributed by atoms with van der Waals surface area (Å²) in [6.07, 6.45) is 0.447. The molecule has 10 nitrogen and oxygen atoms in total. The average Bonchev–Trinajstić information content (AvgIpc) is 2.68. The van der Waals surface area contributed by atoms with Crippen molar-refractivity contribution in [3.05, 3.63) is 0 Å². The molecule has 3 amide bonds. The van der Waals surface area contributed by atoms with E-state index in [2.05, 4.69) is 10.6 Å². The Kier molecular flexibility index (Phi) is 11.0. The maximum absolute atomic E-state index is 13.3. The summed E-state index contributed by atoms with van der Waals surface area (Å²) >= 11 is 0. The molecule has 0 aliphatic rings. The summed E-state index contributed by atoms with van der Waals surface area (Å²) in [6, 6.07) is 0. The second kappa shape index (κ2) is 11.8. The number of hydrogen-bond acceptors (Lipinski definition) is 7. The van der Waals surface area contributed by atoms with Gasteiger partial charge in [0.1, 0.15) is 0 Å². The van der Waals surface area contributed by atoms with Crippen LogP contribution in [0.5, 0.6) is 0 Å². The maximum Gasteiger partial charge on any atom is 0.254 e. The van der Waals surface area contributed by atoms with E-state index in [-0.39, 0.29) is 25.4 Å². The minimum Gasteiger partial charge on any atom is -0.352 e. The number of nitrogens with one attached hydrogen (secondary N) is 3. The van der Waals surface area contributed by atoms with Crippen LogP contribution in [0.25, 0.3) is 0 Å². The number of carbonyl (C=O) groups excluding carboxylic acids is 4. The Labute approximate surface area is 172 Å². The van der Waals surface area contributed by atoms with E-state index in [1.54, 1.807) is 20.8 Å². The highest BCUT2D eigenvalue weighted by atomic mass is 16.5. The van der Waals surface area contributed by atoms with Gasteiger partial charge in [0, 0.05) is 37.4 Å². The molecule has 2 atom stereocenters. The summed E-state index contributed by atoms with van der Waals surface area (Å²) in [5, 5.41) is 13.9. The molecule has 0 rings (SSSR count). The molecular formula is C19H37N5O5. The van der Waals surface area contributed by atoms with E-state index in [0.29, 0.717) is 12.8 Å². The molecule has 0 bridgehead atoms. The Bertz CT molecular complexity index is 594. The van der Waals surface area contributed by atoms with Crippen LogP contribution in [-0.2, 0) is 19.2 Å². The van der Waals surface area contributed by atoms with Crippen molar-refractivity contribution in [2.45, 2.75) is 59.4 Å². The highest BCUT2D eigenvalue weighted by molar-refractivity contribution is 6.15. The minimum absolute atomic E-state index is 0.0540. The third-order valence-electron chi connectivity index (χ3n) is 5.03. The van der Waals surface area contributed by atoms with Gasteiger partial charge in [0.15, 0.2) is 11.3 Å². The van der Waals surface area contributed by atoms with Crippen molar-refractivity contribution in [2.75, 3.05) is 19.6 Å². The Morgan fingerprint density at radius 1 is 1.10 bits per heavy atom. The fraction of sp³-hybridized carbons (Fsp3) is 0.789. The average molecular weight is 416 g/mol. The summed E-state index contributed by atoms with van der Waals surface area (Å²) in [6.45, 7) is 8.69. The summed E-state index contributed by atoms with van der Waals surface area (Å²) < 4.78 is 0. The van der Waals surface area contributed by atoms with Crippen LogP contribution in [0.3, 0.4) is 0 Å². The lowest BCUT2D eigenvalue weighted by Gasteiger charge is -2.37. The standard InChI is InChI=1S/C19H37N5O5/c1-6-18(4,5)16(27)19(11-21,17(28)22-8-7-20)23-15(26)13(9-12(2)3)10-14(25)24-29/h12-13,29H,6-11,20-21H2,1-5H3,(H,22,28)(H,23,26)(H,24,25)/t13?,19-/m1/s1. The second-order valence-electron chi connectivity index (χ2n) is 8.28. The Hall–Kier alpha value is -2.04. The van der Waals surface area contributed by atoms with Crippen molar-refractivity contribution in [3.63, 3.8) is 0 Å². The Morgan fingerprint density at radius 2 is 1.69 bits per heavy atom. The number of carbonyl (C=O) groups is 4. The lowest BCUT2D eigenvalue weighted by molar-refractivity contribution is -0.147. The predicted molar refractivity (Wildman–Crippen MR) is 109 cm³/mol. The van der Waals surface area contributed by atoms with Crippen molar-refractivity contribution in [2.24, 2.45) is 28.7 Å². The summed E-state index contributed by atoms with van der Waals surface area (Å²) in [5.74, 6) is -3.45. The maximum atomic E-state index is 13.3.